The maximum atomic E-state index is 11.8. The van der Waals surface area contributed by atoms with Gasteiger partial charge >= 0.3 is 5.97 Å². The summed E-state index contributed by atoms with van der Waals surface area (Å²) < 4.78 is 7.41. The van der Waals surface area contributed by atoms with Crippen LogP contribution in [0.4, 0.5) is 5.69 Å². The number of nitrogens with zero attached hydrogens (tertiary/aromatic N) is 2. The van der Waals surface area contributed by atoms with E-state index >= 15 is 0 Å². The molecule has 0 fully saturated rings. The van der Waals surface area contributed by atoms with E-state index in [0.29, 0.717) is 0 Å². The van der Waals surface area contributed by atoms with E-state index in [1.807, 2.05) is 0 Å². The molecule has 2 aromatic rings. The van der Waals surface area contributed by atoms with Crippen LogP contribution in [0.1, 0.15) is 20.8 Å². The highest BCUT2D eigenvalue weighted by molar-refractivity contribution is 6.99. The van der Waals surface area contributed by atoms with E-state index in [1.165, 1.54) is 18.3 Å². The Morgan fingerprint density at radius 3 is 2.63 bits per heavy atom. The standard InChI is InChI=1S/C10H5Cl2N3O3S/c11-4-1-5(10(17)18)8(6(12)2-4)14-9(16)7-3-13-19-15-7/h1-3H,(H,14,16)(H,17,18). The molecule has 0 saturated carbocycles. The Morgan fingerprint density at radius 2 is 2.05 bits per heavy atom. The Balaban J connectivity index is 2.39. The van der Waals surface area contributed by atoms with Gasteiger partial charge in [0.05, 0.1) is 34.2 Å². The number of hydrogen-bond acceptors (Lipinski definition) is 5. The Bertz CT molecular complexity index is 646. The number of aromatic carboxylic acids is 1. The number of hydrogen-bond donors (Lipinski definition) is 2. The molecule has 0 atom stereocenters. The second-order valence-corrected chi connectivity index (χ2v) is 4.76. The van der Waals surface area contributed by atoms with Crippen LogP contribution in [0.15, 0.2) is 18.3 Å². The molecule has 0 radical (unpaired) electrons. The number of amides is 1. The third-order valence-corrected chi connectivity index (χ3v) is 3.11. The first-order valence-electron chi connectivity index (χ1n) is 4.80. The van der Waals surface area contributed by atoms with Crippen LogP contribution in [-0.2, 0) is 0 Å². The molecule has 0 aliphatic rings. The maximum Gasteiger partial charge on any atom is 0.337 e. The lowest BCUT2D eigenvalue weighted by molar-refractivity contribution is 0.0698. The number of carboxylic acids is 1. The SMILES string of the molecule is O=C(Nc1c(Cl)cc(Cl)cc1C(=O)O)c1cnsn1. The number of carboxylic acid groups (broad SMARTS) is 1. The van der Waals surface area contributed by atoms with Gasteiger partial charge in [0, 0.05) is 5.02 Å². The fourth-order valence-electron chi connectivity index (χ4n) is 1.31. The van der Waals surface area contributed by atoms with Crippen molar-refractivity contribution in [3.63, 3.8) is 0 Å². The van der Waals surface area contributed by atoms with Crippen LogP contribution < -0.4 is 5.32 Å². The molecule has 2 N–H and O–H groups in total. The summed E-state index contributed by atoms with van der Waals surface area (Å²) in [5.74, 6) is -1.85. The molecule has 98 valence electrons. The fraction of sp³-hybridized carbons (Fsp3) is 0. The molecule has 0 unspecified atom stereocenters. The van der Waals surface area contributed by atoms with Gasteiger partial charge in [-0.05, 0) is 12.1 Å². The number of benzene rings is 1. The Hall–Kier alpha value is -1.70. The third kappa shape index (κ3) is 3.01. The highest BCUT2D eigenvalue weighted by atomic mass is 35.5. The number of nitrogens with one attached hydrogen (secondary N) is 1. The number of rotatable bonds is 3. The summed E-state index contributed by atoms with van der Waals surface area (Å²) >= 11 is 12.5. The van der Waals surface area contributed by atoms with Crippen molar-refractivity contribution in [3.8, 4) is 0 Å². The van der Waals surface area contributed by atoms with Crippen molar-refractivity contribution in [1.82, 2.24) is 8.75 Å². The van der Waals surface area contributed by atoms with E-state index in [0.717, 1.165) is 11.7 Å². The molecule has 0 saturated heterocycles. The lowest BCUT2D eigenvalue weighted by Gasteiger charge is -2.09. The quantitative estimate of drug-likeness (QED) is 0.908. The van der Waals surface area contributed by atoms with Gasteiger partial charge in [-0.3, -0.25) is 4.79 Å². The molecule has 1 aromatic carbocycles. The number of anilines is 1. The maximum absolute atomic E-state index is 11.8. The van der Waals surface area contributed by atoms with E-state index in [2.05, 4.69) is 14.1 Å². The van der Waals surface area contributed by atoms with Crippen molar-refractivity contribution in [2.75, 3.05) is 5.32 Å². The van der Waals surface area contributed by atoms with Gasteiger partial charge in [-0.1, -0.05) is 23.2 Å². The van der Waals surface area contributed by atoms with Crippen LogP contribution in [0.3, 0.4) is 0 Å². The van der Waals surface area contributed by atoms with Gasteiger partial charge < -0.3 is 10.4 Å². The summed E-state index contributed by atoms with van der Waals surface area (Å²) in [7, 11) is 0. The average molecular weight is 318 g/mol. The van der Waals surface area contributed by atoms with E-state index in [-0.39, 0.29) is 27.0 Å². The topological polar surface area (TPSA) is 92.2 Å². The first-order chi connectivity index (χ1) is 8.99. The summed E-state index contributed by atoms with van der Waals surface area (Å²) in [6.07, 6.45) is 1.27. The van der Waals surface area contributed by atoms with Gasteiger partial charge in [0.2, 0.25) is 0 Å². The predicted molar refractivity (Wildman–Crippen MR) is 71.3 cm³/mol. The molecule has 0 aliphatic heterocycles. The Kier molecular flexibility index (Phi) is 3.98. The van der Waals surface area contributed by atoms with Crippen LogP contribution in [0.2, 0.25) is 10.0 Å². The molecule has 1 heterocycles. The van der Waals surface area contributed by atoms with Crippen molar-refractivity contribution in [1.29, 1.82) is 0 Å². The molecular weight excluding hydrogens is 313 g/mol. The van der Waals surface area contributed by atoms with Crippen molar-refractivity contribution in [3.05, 3.63) is 39.6 Å². The number of carbonyl (C=O) groups excluding carboxylic acids is 1. The normalized spacial score (nSPS) is 10.2. The molecule has 2 rings (SSSR count). The van der Waals surface area contributed by atoms with E-state index in [1.54, 1.807) is 0 Å². The molecule has 6 nitrogen and oxygen atoms in total. The zero-order valence-corrected chi connectivity index (χ0v) is 11.4. The van der Waals surface area contributed by atoms with Gasteiger partial charge in [-0.25, -0.2) is 4.79 Å². The lowest BCUT2D eigenvalue weighted by Crippen LogP contribution is -2.15. The van der Waals surface area contributed by atoms with Gasteiger partial charge in [0.15, 0.2) is 5.69 Å². The molecule has 19 heavy (non-hydrogen) atoms. The van der Waals surface area contributed by atoms with E-state index in [9.17, 15) is 9.59 Å². The van der Waals surface area contributed by atoms with Gasteiger partial charge in [0.1, 0.15) is 0 Å². The van der Waals surface area contributed by atoms with E-state index in [4.69, 9.17) is 28.3 Å². The van der Waals surface area contributed by atoms with Crippen molar-refractivity contribution >= 4 is 52.5 Å². The molecule has 0 bridgehead atoms. The van der Waals surface area contributed by atoms with Crippen LogP contribution in [0.5, 0.6) is 0 Å². The summed E-state index contributed by atoms with van der Waals surface area (Å²) in [5, 5.41) is 11.6. The monoisotopic (exact) mass is 317 g/mol. The van der Waals surface area contributed by atoms with Crippen molar-refractivity contribution in [2.45, 2.75) is 0 Å². The largest absolute Gasteiger partial charge is 0.478 e. The van der Waals surface area contributed by atoms with Gasteiger partial charge in [0.25, 0.3) is 5.91 Å². The molecule has 0 aliphatic carbocycles. The van der Waals surface area contributed by atoms with Crippen molar-refractivity contribution < 1.29 is 14.7 Å². The summed E-state index contributed by atoms with van der Waals surface area (Å²) in [6, 6.07) is 2.54. The predicted octanol–water partition coefficient (Wildman–Crippen LogP) is 2.80. The van der Waals surface area contributed by atoms with Gasteiger partial charge in [-0.15, -0.1) is 0 Å². The van der Waals surface area contributed by atoms with Crippen LogP contribution in [0.25, 0.3) is 0 Å². The summed E-state index contributed by atoms with van der Waals surface area (Å²) in [4.78, 5) is 22.9. The molecular formula is C10H5Cl2N3O3S. The summed E-state index contributed by atoms with van der Waals surface area (Å²) in [5.41, 5.74) is -0.155. The zero-order chi connectivity index (χ0) is 14.0. The lowest BCUT2D eigenvalue weighted by atomic mass is 10.1. The smallest absolute Gasteiger partial charge is 0.337 e. The van der Waals surface area contributed by atoms with E-state index < -0.39 is 11.9 Å². The Morgan fingerprint density at radius 1 is 1.32 bits per heavy atom. The summed E-state index contributed by atoms with van der Waals surface area (Å²) in [6.45, 7) is 0. The molecule has 9 heteroatoms. The van der Waals surface area contributed by atoms with Crippen LogP contribution in [0, 0.1) is 0 Å². The number of halogens is 2. The Labute approximate surface area is 121 Å². The molecule has 0 spiro atoms. The van der Waals surface area contributed by atoms with Crippen LogP contribution in [-0.4, -0.2) is 25.7 Å². The highest BCUT2D eigenvalue weighted by Crippen LogP contribution is 2.30. The minimum atomic E-state index is -1.25. The second kappa shape index (κ2) is 5.52. The van der Waals surface area contributed by atoms with Crippen molar-refractivity contribution in [2.24, 2.45) is 0 Å². The third-order valence-electron chi connectivity index (χ3n) is 2.12. The molecule has 1 amide bonds. The van der Waals surface area contributed by atoms with Crippen LogP contribution >= 0.6 is 34.9 Å². The first-order valence-corrected chi connectivity index (χ1v) is 6.29. The van der Waals surface area contributed by atoms with Gasteiger partial charge in [-0.2, -0.15) is 8.75 Å². The second-order valence-electron chi connectivity index (χ2n) is 3.36. The molecule has 1 aromatic heterocycles. The zero-order valence-electron chi connectivity index (χ0n) is 9.05. The number of aromatic nitrogens is 2. The first kappa shape index (κ1) is 13.7. The highest BCUT2D eigenvalue weighted by Gasteiger charge is 2.19. The minimum Gasteiger partial charge on any atom is -0.478 e. The fourth-order valence-corrected chi connectivity index (χ4v) is 2.26. The minimum absolute atomic E-state index is 0.0291. The average Bonchev–Trinajstić information content (AvgIpc) is 2.85. The number of carbonyl (C=O) groups is 2.